The second kappa shape index (κ2) is 8.16. The fourth-order valence-corrected chi connectivity index (χ4v) is 4.77. The molecule has 0 bridgehead atoms. The van der Waals surface area contributed by atoms with E-state index in [4.69, 9.17) is 0 Å². The Labute approximate surface area is 162 Å². The molecule has 2 aromatic rings. The molecule has 144 valence electrons. The lowest BCUT2D eigenvalue weighted by atomic mass is 9.90. The normalized spacial score (nSPS) is 18.6. The third kappa shape index (κ3) is 4.02. The number of carbonyl (C=O) groups is 1. The number of ether oxygens (including phenoxy) is 1. The smallest absolute Gasteiger partial charge is 0.358 e. The number of anilines is 2. The molecule has 0 atom stereocenters. The average Bonchev–Trinajstić information content (AvgIpc) is 3.24. The SMILES string of the molecule is COC(=O)c1ccc(N2CCN(c3nnc(C4CCCCC4)s3)CC2)nn1. The maximum Gasteiger partial charge on any atom is 0.358 e. The van der Waals surface area contributed by atoms with Gasteiger partial charge in [0.05, 0.1) is 7.11 Å². The molecular weight excluding hydrogens is 364 g/mol. The zero-order valence-corrected chi connectivity index (χ0v) is 16.3. The molecule has 1 saturated carbocycles. The van der Waals surface area contributed by atoms with Crippen molar-refractivity contribution < 1.29 is 9.53 Å². The summed E-state index contributed by atoms with van der Waals surface area (Å²) in [5, 5.41) is 19.3. The van der Waals surface area contributed by atoms with Crippen LogP contribution >= 0.6 is 11.3 Å². The van der Waals surface area contributed by atoms with Crippen LogP contribution < -0.4 is 9.80 Å². The van der Waals surface area contributed by atoms with Crippen LogP contribution in [0.2, 0.25) is 0 Å². The molecule has 9 heteroatoms. The minimum absolute atomic E-state index is 0.226. The first-order valence-corrected chi connectivity index (χ1v) is 10.3. The highest BCUT2D eigenvalue weighted by Crippen LogP contribution is 2.36. The summed E-state index contributed by atoms with van der Waals surface area (Å²) in [5.41, 5.74) is 0.226. The molecule has 0 radical (unpaired) electrons. The fraction of sp³-hybridized carbons (Fsp3) is 0.611. The average molecular weight is 388 g/mol. The summed E-state index contributed by atoms with van der Waals surface area (Å²) in [6.45, 7) is 3.43. The van der Waals surface area contributed by atoms with Crippen molar-refractivity contribution in [3.05, 3.63) is 22.8 Å². The largest absolute Gasteiger partial charge is 0.464 e. The lowest BCUT2D eigenvalue weighted by Gasteiger charge is -2.34. The summed E-state index contributed by atoms with van der Waals surface area (Å²) >= 11 is 1.76. The van der Waals surface area contributed by atoms with Gasteiger partial charge in [-0.15, -0.1) is 20.4 Å². The maximum absolute atomic E-state index is 11.5. The van der Waals surface area contributed by atoms with E-state index in [2.05, 4.69) is 34.9 Å². The van der Waals surface area contributed by atoms with Gasteiger partial charge < -0.3 is 14.5 Å². The number of rotatable bonds is 4. The molecule has 2 aromatic heterocycles. The van der Waals surface area contributed by atoms with Gasteiger partial charge in [-0.25, -0.2) is 4.79 Å². The highest BCUT2D eigenvalue weighted by atomic mass is 32.1. The van der Waals surface area contributed by atoms with Crippen LogP contribution in [0.15, 0.2) is 12.1 Å². The summed E-state index contributed by atoms with van der Waals surface area (Å²) in [6.07, 6.45) is 6.49. The Morgan fingerprint density at radius 3 is 2.41 bits per heavy atom. The molecule has 0 spiro atoms. The fourth-order valence-electron chi connectivity index (χ4n) is 3.70. The van der Waals surface area contributed by atoms with Crippen LogP contribution in [0.25, 0.3) is 0 Å². The molecule has 2 aliphatic rings. The predicted octanol–water partition coefficient (Wildman–Crippen LogP) is 2.49. The lowest BCUT2D eigenvalue weighted by molar-refractivity contribution is 0.0592. The van der Waals surface area contributed by atoms with E-state index >= 15 is 0 Å². The summed E-state index contributed by atoms with van der Waals surface area (Å²) in [4.78, 5) is 15.9. The van der Waals surface area contributed by atoms with Gasteiger partial charge in [-0.3, -0.25) is 0 Å². The number of esters is 1. The van der Waals surface area contributed by atoms with E-state index in [1.165, 1.54) is 44.2 Å². The summed E-state index contributed by atoms with van der Waals surface area (Å²) in [5.74, 6) is 0.918. The number of nitrogens with zero attached hydrogens (tertiary/aromatic N) is 6. The molecular formula is C18H24N6O2S. The van der Waals surface area contributed by atoms with Gasteiger partial charge in [-0.05, 0) is 25.0 Å². The Hall–Kier alpha value is -2.29. The van der Waals surface area contributed by atoms with Crippen molar-refractivity contribution in [2.45, 2.75) is 38.0 Å². The van der Waals surface area contributed by atoms with Crippen molar-refractivity contribution in [2.24, 2.45) is 0 Å². The first kappa shape index (κ1) is 18.1. The first-order valence-electron chi connectivity index (χ1n) is 9.50. The van der Waals surface area contributed by atoms with Gasteiger partial charge in [-0.1, -0.05) is 30.6 Å². The van der Waals surface area contributed by atoms with Crippen LogP contribution in [0.1, 0.15) is 53.5 Å². The quantitative estimate of drug-likeness (QED) is 0.739. The highest BCUT2D eigenvalue weighted by Gasteiger charge is 2.24. The standard InChI is InChI=1S/C18H24N6O2S/c1-26-17(25)14-7-8-15(20-19-14)23-9-11-24(12-10-23)18-22-21-16(27-18)13-5-3-2-4-6-13/h7-8,13H,2-6,9-12H2,1H3. The number of carbonyl (C=O) groups excluding carboxylic acids is 1. The number of aromatic nitrogens is 4. The van der Waals surface area contributed by atoms with E-state index < -0.39 is 5.97 Å². The van der Waals surface area contributed by atoms with Crippen LogP contribution in [-0.2, 0) is 4.74 Å². The molecule has 0 unspecified atom stereocenters. The zero-order chi connectivity index (χ0) is 18.6. The van der Waals surface area contributed by atoms with E-state index in [0.717, 1.165) is 37.1 Å². The van der Waals surface area contributed by atoms with Gasteiger partial charge in [0.1, 0.15) is 5.01 Å². The molecule has 3 heterocycles. The van der Waals surface area contributed by atoms with Gasteiger partial charge >= 0.3 is 5.97 Å². The molecule has 1 aliphatic heterocycles. The summed E-state index contributed by atoms with van der Waals surface area (Å²) in [7, 11) is 1.34. The van der Waals surface area contributed by atoms with E-state index in [9.17, 15) is 4.79 Å². The van der Waals surface area contributed by atoms with Crippen molar-refractivity contribution in [1.82, 2.24) is 20.4 Å². The minimum Gasteiger partial charge on any atom is -0.464 e. The monoisotopic (exact) mass is 388 g/mol. The van der Waals surface area contributed by atoms with Gasteiger partial charge in [0, 0.05) is 32.1 Å². The van der Waals surface area contributed by atoms with Crippen molar-refractivity contribution >= 4 is 28.3 Å². The Morgan fingerprint density at radius 2 is 1.74 bits per heavy atom. The molecule has 0 N–H and O–H groups in total. The molecule has 27 heavy (non-hydrogen) atoms. The van der Waals surface area contributed by atoms with E-state index in [1.807, 2.05) is 6.07 Å². The first-order chi connectivity index (χ1) is 13.2. The Balaban J connectivity index is 1.35. The summed E-state index contributed by atoms with van der Waals surface area (Å²) < 4.78 is 4.66. The van der Waals surface area contributed by atoms with E-state index in [1.54, 1.807) is 17.4 Å². The number of hydrogen-bond acceptors (Lipinski definition) is 9. The van der Waals surface area contributed by atoms with Crippen LogP contribution in [0.4, 0.5) is 10.9 Å². The van der Waals surface area contributed by atoms with E-state index in [-0.39, 0.29) is 5.69 Å². The molecule has 4 rings (SSSR count). The van der Waals surface area contributed by atoms with Crippen molar-refractivity contribution in [1.29, 1.82) is 0 Å². The van der Waals surface area contributed by atoms with Crippen molar-refractivity contribution in [3.63, 3.8) is 0 Å². The predicted molar refractivity (Wildman–Crippen MR) is 104 cm³/mol. The van der Waals surface area contributed by atoms with Crippen LogP contribution in [-0.4, -0.2) is 59.7 Å². The molecule has 0 aromatic carbocycles. The summed E-state index contributed by atoms with van der Waals surface area (Å²) in [6, 6.07) is 3.47. The Bertz CT molecular complexity index is 766. The van der Waals surface area contributed by atoms with Crippen LogP contribution in [0, 0.1) is 0 Å². The Kier molecular flexibility index (Phi) is 5.47. The topological polar surface area (TPSA) is 84.3 Å². The van der Waals surface area contributed by atoms with Gasteiger partial charge in [0.15, 0.2) is 11.5 Å². The third-order valence-corrected chi connectivity index (χ3v) is 6.45. The molecule has 0 amide bonds. The highest BCUT2D eigenvalue weighted by molar-refractivity contribution is 7.15. The number of methoxy groups -OCH3 is 1. The van der Waals surface area contributed by atoms with Crippen molar-refractivity contribution in [2.75, 3.05) is 43.1 Å². The molecule has 1 aliphatic carbocycles. The van der Waals surface area contributed by atoms with Crippen LogP contribution in [0.5, 0.6) is 0 Å². The molecule has 2 fully saturated rings. The maximum atomic E-state index is 11.5. The molecule has 8 nitrogen and oxygen atoms in total. The van der Waals surface area contributed by atoms with Gasteiger partial charge in [0.2, 0.25) is 5.13 Å². The van der Waals surface area contributed by atoms with Gasteiger partial charge in [-0.2, -0.15) is 0 Å². The third-order valence-electron chi connectivity index (χ3n) is 5.30. The molecule has 1 saturated heterocycles. The van der Waals surface area contributed by atoms with Crippen molar-refractivity contribution in [3.8, 4) is 0 Å². The van der Waals surface area contributed by atoms with Crippen LogP contribution in [0.3, 0.4) is 0 Å². The van der Waals surface area contributed by atoms with E-state index in [0.29, 0.717) is 5.92 Å². The minimum atomic E-state index is -0.469. The second-order valence-electron chi connectivity index (χ2n) is 7.00. The number of piperazine rings is 1. The van der Waals surface area contributed by atoms with Gasteiger partial charge in [0.25, 0.3) is 0 Å². The number of hydrogen-bond donors (Lipinski definition) is 0. The lowest BCUT2D eigenvalue weighted by Crippen LogP contribution is -2.46. The Morgan fingerprint density at radius 1 is 1.00 bits per heavy atom. The zero-order valence-electron chi connectivity index (χ0n) is 15.5. The second-order valence-corrected chi connectivity index (χ2v) is 7.99.